The highest BCUT2D eigenvalue weighted by Gasteiger charge is 2.32. The Balaban J connectivity index is 2.16. The van der Waals surface area contributed by atoms with Crippen LogP contribution in [0.1, 0.15) is 23.0 Å². The van der Waals surface area contributed by atoms with Gasteiger partial charge in [0.05, 0.1) is 5.57 Å². The molecule has 1 unspecified atom stereocenters. The number of aliphatic imine (C=N–C) groups is 1. The van der Waals surface area contributed by atoms with Crippen LogP contribution in [-0.2, 0) is 4.79 Å². The van der Waals surface area contributed by atoms with Crippen molar-refractivity contribution in [1.29, 1.82) is 0 Å². The number of aliphatic carboxylic acids is 1. The number of rotatable bonds is 5. The van der Waals surface area contributed by atoms with Crippen LogP contribution in [-0.4, -0.2) is 27.2 Å². The standard InChI is InChI=1S/C16H12BrCl2N3O2S/c17-4-3-11-12(16(23)24)13(9-2-1-8(18)7-10(9)19)22-14(21-11)15-20-5-6-25-15/h1-2,5-7,13H,3-4H2,(H,21,22)(H,23,24). The van der Waals surface area contributed by atoms with Crippen molar-refractivity contribution in [3.8, 4) is 0 Å². The van der Waals surface area contributed by atoms with Crippen molar-refractivity contribution in [2.45, 2.75) is 12.5 Å². The summed E-state index contributed by atoms with van der Waals surface area (Å²) in [6, 6.07) is 4.23. The van der Waals surface area contributed by atoms with Crippen LogP contribution in [0.4, 0.5) is 0 Å². The summed E-state index contributed by atoms with van der Waals surface area (Å²) in [5, 5.41) is 16.9. The molecule has 0 spiro atoms. The third kappa shape index (κ3) is 3.89. The van der Waals surface area contributed by atoms with E-state index < -0.39 is 12.0 Å². The van der Waals surface area contributed by atoms with E-state index in [2.05, 4.69) is 31.2 Å². The molecule has 1 aliphatic heterocycles. The summed E-state index contributed by atoms with van der Waals surface area (Å²) in [6.45, 7) is 0. The van der Waals surface area contributed by atoms with Crippen molar-refractivity contribution in [3.63, 3.8) is 0 Å². The number of hydrogen-bond donors (Lipinski definition) is 2. The first kappa shape index (κ1) is 18.4. The van der Waals surface area contributed by atoms with E-state index in [1.165, 1.54) is 11.3 Å². The molecule has 0 aliphatic carbocycles. The van der Waals surface area contributed by atoms with Gasteiger partial charge >= 0.3 is 5.97 Å². The summed E-state index contributed by atoms with van der Waals surface area (Å²) >= 11 is 17.1. The number of nitrogens with one attached hydrogen (secondary N) is 1. The van der Waals surface area contributed by atoms with Crippen LogP contribution in [0.25, 0.3) is 0 Å². The Morgan fingerprint density at radius 1 is 1.40 bits per heavy atom. The first-order valence-electron chi connectivity index (χ1n) is 7.23. The first-order chi connectivity index (χ1) is 12.0. The Morgan fingerprint density at radius 3 is 2.80 bits per heavy atom. The molecule has 2 heterocycles. The molecule has 9 heteroatoms. The Labute approximate surface area is 166 Å². The number of benzene rings is 1. The third-order valence-corrected chi connectivity index (χ3v) is 5.33. The molecule has 0 bridgehead atoms. The zero-order valence-corrected chi connectivity index (χ0v) is 16.6. The van der Waals surface area contributed by atoms with E-state index >= 15 is 0 Å². The van der Waals surface area contributed by atoms with Gasteiger partial charge in [-0.25, -0.2) is 9.78 Å². The molecule has 25 heavy (non-hydrogen) atoms. The van der Waals surface area contributed by atoms with Crippen LogP contribution in [0.2, 0.25) is 10.0 Å². The number of halogens is 3. The summed E-state index contributed by atoms with van der Waals surface area (Å²) in [7, 11) is 0. The normalized spacial score (nSPS) is 17.2. The summed E-state index contributed by atoms with van der Waals surface area (Å²) in [5.74, 6) is -0.506. The van der Waals surface area contributed by atoms with Crippen molar-refractivity contribution in [1.82, 2.24) is 10.3 Å². The van der Waals surface area contributed by atoms with Gasteiger partial charge in [0.2, 0.25) is 0 Å². The van der Waals surface area contributed by atoms with Gasteiger partial charge in [-0.15, -0.1) is 11.3 Å². The number of thiazole rings is 1. The van der Waals surface area contributed by atoms with Crippen molar-refractivity contribution in [2.24, 2.45) is 4.99 Å². The first-order valence-corrected chi connectivity index (χ1v) is 9.99. The minimum atomic E-state index is -1.04. The quantitative estimate of drug-likeness (QED) is 0.636. The van der Waals surface area contributed by atoms with Crippen LogP contribution >= 0.6 is 50.5 Å². The highest BCUT2D eigenvalue weighted by atomic mass is 79.9. The lowest BCUT2D eigenvalue weighted by molar-refractivity contribution is -0.133. The molecule has 0 saturated heterocycles. The van der Waals surface area contributed by atoms with Crippen molar-refractivity contribution in [3.05, 3.63) is 61.7 Å². The number of allylic oxidation sites excluding steroid dienone is 1. The molecule has 2 aromatic rings. The summed E-state index contributed by atoms with van der Waals surface area (Å²) in [4.78, 5) is 20.8. The largest absolute Gasteiger partial charge is 0.478 e. The number of carboxylic acid groups (broad SMARTS) is 1. The van der Waals surface area contributed by atoms with Crippen molar-refractivity contribution < 1.29 is 9.90 Å². The maximum Gasteiger partial charge on any atom is 0.335 e. The maximum absolute atomic E-state index is 11.9. The molecule has 1 atom stereocenters. The lowest BCUT2D eigenvalue weighted by Gasteiger charge is -2.26. The predicted molar refractivity (Wildman–Crippen MR) is 104 cm³/mol. The highest BCUT2D eigenvalue weighted by molar-refractivity contribution is 9.09. The molecule has 3 rings (SSSR count). The number of amidine groups is 1. The Bertz CT molecular complexity index is 868. The average Bonchev–Trinajstić information content (AvgIpc) is 3.08. The predicted octanol–water partition coefficient (Wildman–Crippen LogP) is 4.66. The van der Waals surface area contributed by atoms with Crippen LogP contribution in [0, 0.1) is 0 Å². The molecule has 1 aromatic heterocycles. The van der Waals surface area contributed by atoms with E-state index in [9.17, 15) is 9.90 Å². The monoisotopic (exact) mass is 459 g/mol. The molecule has 1 aromatic carbocycles. The molecular formula is C16H12BrCl2N3O2S. The van der Waals surface area contributed by atoms with Gasteiger partial charge in [0.1, 0.15) is 6.04 Å². The number of carboxylic acids is 1. The molecule has 0 fully saturated rings. The topological polar surface area (TPSA) is 74.6 Å². The van der Waals surface area contributed by atoms with Gasteiger partial charge in [0, 0.05) is 38.2 Å². The molecule has 0 amide bonds. The van der Waals surface area contributed by atoms with Gasteiger partial charge in [-0.05, 0) is 18.6 Å². The van der Waals surface area contributed by atoms with Crippen molar-refractivity contribution in [2.75, 3.05) is 5.33 Å². The molecule has 2 N–H and O–H groups in total. The van der Waals surface area contributed by atoms with E-state index in [0.29, 0.717) is 43.9 Å². The fourth-order valence-electron chi connectivity index (χ4n) is 2.54. The second-order valence-corrected chi connectivity index (χ2v) is 7.68. The van der Waals surface area contributed by atoms with Gasteiger partial charge in [0.15, 0.2) is 10.8 Å². The van der Waals surface area contributed by atoms with Crippen LogP contribution in [0.15, 0.2) is 46.0 Å². The molecule has 0 saturated carbocycles. The zero-order chi connectivity index (χ0) is 18.0. The van der Waals surface area contributed by atoms with Gasteiger partial charge in [-0.1, -0.05) is 45.2 Å². The number of alkyl halides is 1. The lowest BCUT2D eigenvalue weighted by Crippen LogP contribution is -2.33. The Kier molecular flexibility index (Phi) is 5.78. The van der Waals surface area contributed by atoms with E-state index in [0.717, 1.165) is 0 Å². The van der Waals surface area contributed by atoms with Crippen LogP contribution < -0.4 is 5.32 Å². The van der Waals surface area contributed by atoms with Gasteiger partial charge in [0.25, 0.3) is 0 Å². The average molecular weight is 461 g/mol. The number of aromatic nitrogens is 1. The van der Waals surface area contributed by atoms with E-state index in [-0.39, 0.29) is 5.57 Å². The highest BCUT2D eigenvalue weighted by Crippen LogP contribution is 2.37. The van der Waals surface area contributed by atoms with Crippen LogP contribution in [0.3, 0.4) is 0 Å². The minimum Gasteiger partial charge on any atom is -0.478 e. The second-order valence-electron chi connectivity index (χ2n) is 5.14. The summed E-state index contributed by atoms with van der Waals surface area (Å²) < 4.78 is 0. The summed E-state index contributed by atoms with van der Waals surface area (Å²) in [6.07, 6.45) is 2.18. The van der Waals surface area contributed by atoms with E-state index in [4.69, 9.17) is 23.2 Å². The Hall–Kier alpha value is -1.41. The SMILES string of the molecule is O=C(O)C1=C(CCBr)NC(c2nccs2)=NC1c1ccc(Cl)cc1Cl. The molecular weight excluding hydrogens is 449 g/mol. The lowest BCUT2D eigenvalue weighted by atomic mass is 9.95. The second kappa shape index (κ2) is 7.86. The smallest absolute Gasteiger partial charge is 0.335 e. The fourth-order valence-corrected chi connectivity index (χ4v) is 4.03. The minimum absolute atomic E-state index is 0.170. The number of carbonyl (C=O) groups is 1. The summed E-state index contributed by atoms with van der Waals surface area (Å²) in [5.41, 5.74) is 1.34. The third-order valence-electron chi connectivity index (χ3n) is 3.59. The van der Waals surface area contributed by atoms with Gasteiger partial charge in [-0.2, -0.15) is 0 Å². The van der Waals surface area contributed by atoms with Crippen molar-refractivity contribution >= 4 is 62.3 Å². The molecule has 130 valence electrons. The van der Waals surface area contributed by atoms with E-state index in [1.807, 2.05) is 5.38 Å². The van der Waals surface area contributed by atoms with E-state index in [1.54, 1.807) is 24.4 Å². The maximum atomic E-state index is 11.9. The van der Waals surface area contributed by atoms with Crippen LogP contribution in [0.5, 0.6) is 0 Å². The van der Waals surface area contributed by atoms with Gasteiger partial charge < -0.3 is 10.4 Å². The Morgan fingerprint density at radius 2 is 2.20 bits per heavy atom. The van der Waals surface area contributed by atoms with Gasteiger partial charge in [-0.3, -0.25) is 4.99 Å². The zero-order valence-electron chi connectivity index (χ0n) is 12.7. The molecule has 5 nitrogen and oxygen atoms in total. The number of hydrogen-bond acceptors (Lipinski definition) is 5. The fraction of sp³-hybridized carbons (Fsp3) is 0.188. The molecule has 1 aliphatic rings. The molecule has 0 radical (unpaired) electrons. The number of nitrogens with zero attached hydrogens (tertiary/aromatic N) is 2.